The first-order valence-electron chi connectivity index (χ1n) is 7.93. The Morgan fingerprint density at radius 2 is 1.75 bits per heavy atom. The van der Waals surface area contributed by atoms with Crippen LogP contribution in [0.15, 0.2) is 47.6 Å². The molecule has 1 aliphatic heterocycles. The zero-order valence-electron chi connectivity index (χ0n) is 13.7. The number of aromatic nitrogens is 1. The van der Waals surface area contributed by atoms with Crippen LogP contribution in [-0.4, -0.2) is 44.5 Å². The van der Waals surface area contributed by atoms with Crippen LogP contribution in [0.3, 0.4) is 0 Å². The highest BCUT2D eigenvalue weighted by molar-refractivity contribution is 7.89. The summed E-state index contributed by atoms with van der Waals surface area (Å²) in [4.78, 5) is 9.03. The van der Waals surface area contributed by atoms with Crippen molar-refractivity contribution in [2.45, 2.75) is 18.4 Å². The number of benzene rings is 1. The van der Waals surface area contributed by atoms with Crippen LogP contribution in [0.4, 0.5) is 5.69 Å². The van der Waals surface area contributed by atoms with Gasteiger partial charge in [0.05, 0.1) is 4.90 Å². The van der Waals surface area contributed by atoms with Gasteiger partial charge in [0.1, 0.15) is 0 Å². The second-order valence-corrected chi connectivity index (χ2v) is 7.67. The molecule has 2 aromatic rings. The molecule has 24 heavy (non-hydrogen) atoms. The summed E-state index contributed by atoms with van der Waals surface area (Å²) < 4.78 is 22.6. The summed E-state index contributed by atoms with van der Waals surface area (Å²) in [6.45, 7) is 6.77. The number of anilines is 1. The van der Waals surface area contributed by atoms with Crippen LogP contribution in [0.2, 0.25) is 0 Å². The molecule has 1 saturated heterocycles. The van der Waals surface area contributed by atoms with Crippen molar-refractivity contribution in [1.82, 2.24) is 9.88 Å². The van der Waals surface area contributed by atoms with Gasteiger partial charge in [0.15, 0.2) is 0 Å². The summed E-state index contributed by atoms with van der Waals surface area (Å²) in [7, 11) is -3.63. The highest BCUT2D eigenvalue weighted by Crippen LogP contribution is 2.20. The van der Waals surface area contributed by atoms with Gasteiger partial charge in [-0.25, -0.2) is 13.6 Å². The maximum atomic E-state index is 11.3. The molecule has 1 fully saturated rings. The van der Waals surface area contributed by atoms with Crippen molar-refractivity contribution >= 4 is 15.7 Å². The number of sulfonamides is 1. The summed E-state index contributed by atoms with van der Waals surface area (Å²) in [6, 6.07) is 8.81. The molecule has 1 aromatic heterocycles. The third kappa shape index (κ3) is 3.92. The molecule has 2 N–H and O–H groups in total. The Labute approximate surface area is 143 Å². The first kappa shape index (κ1) is 16.9. The van der Waals surface area contributed by atoms with E-state index in [1.54, 1.807) is 12.1 Å². The third-order valence-corrected chi connectivity index (χ3v) is 5.37. The van der Waals surface area contributed by atoms with Crippen molar-refractivity contribution in [3.05, 3.63) is 53.9 Å². The SMILES string of the molecule is Cc1ccncc1CN1CCN(c2ccc(S(N)(=O)=O)cc2)CC1. The largest absolute Gasteiger partial charge is 0.369 e. The molecule has 7 heteroatoms. The van der Waals surface area contributed by atoms with Crippen LogP contribution in [0.5, 0.6) is 0 Å². The van der Waals surface area contributed by atoms with E-state index in [2.05, 4.69) is 21.7 Å². The zero-order valence-corrected chi connectivity index (χ0v) is 14.5. The maximum Gasteiger partial charge on any atom is 0.238 e. The normalized spacial score (nSPS) is 16.3. The van der Waals surface area contributed by atoms with E-state index < -0.39 is 10.0 Å². The van der Waals surface area contributed by atoms with E-state index in [9.17, 15) is 8.42 Å². The van der Waals surface area contributed by atoms with E-state index in [0.717, 1.165) is 38.4 Å². The number of nitrogens with two attached hydrogens (primary N) is 1. The summed E-state index contributed by atoms with van der Waals surface area (Å²) in [5, 5.41) is 5.14. The molecule has 0 saturated carbocycles. The van der Waals surface area contributed by atoms with Crippen molar-refractivity contribution in [3.63, 3.8) is 0 Å². The molecule has 0 aliphatic carbocycles. The number of hydrogen-bond donors (Lipinski definition) is 1. The van der Waals surface area contributed by atoms with Crippen molar-refractivity contribution in [1.29, 1.82) is 0 Å². The monoisotopic (exact) mass is 346 g/mol. The van der Waals surface area contributed by atoms with Crippen LogP contribution < -0.4 is 10.0 Å². The fourth-order valence-electron chi connectivity index (χ4n) is 2.91. The number of pyridine rings is 1. The minimum atomic E-state index is -3.63. The topological polar surface area (TPSA) is 79.5 Å². The lowest BCUT2D eigenvalue weighted by Gasteiger charge is -2.36. The second-order valence-electron chi connectivity index (χ2n) is 6.10. The Morgan fingerprint density at radius 1 is 1.08 bits per heavy atom. The van der Waals surface area contributed by atoms with E-state index in [1.807, 2.05) is 30.6 Å². The number of nitrogens with zero attached hydrogens (tertiary/aromatic N) is 3. The molecule has 3 rings (SSSR count). The molecule has 0 unspecified atom stereocenters. The van der Waals surface area contributed by atoms with Gasteiger partial charge in [-0.3, -0.25) is 9.88 Å². The average molecular weight is 346 g/mol. The lowest BCUT2D eigenvalue weighted by Crippen LogP contribution is -2.46. The molecule has 0 atom stereocenters. The zero-order chi connectivity index (χ0) is 17.2. The van der Waals surface area contributed by atoms with Crippen LogP contribution in [0.25, 0.3) is 0 Å². The highest BCUT2D eigenvalue weighted by atomic mass is 32.2. The van der Waals surface area contributed by atoms with Gasteiger partial charge in [-0.15, -0.1) is 0 Å². The molecule has 1 aromatic carbocycles. The Balaban J connectivity index is 1.60. The van der Waals surface area contributed by atoms with Crippen LogP contribution >= 0.6 is 0 Å². The molecule has 6 nitrogen and oxygen atoms in total. The molecular weight excluding hydrogens is 324 g/mol. The number of piperazine rings is 1. The Bertz CT molecular complexity index is 798. The van der Waals surface area contributed by atoms with Crippen LogP contribution in [-0.2, 0) is 16.6 Å². The minimum absolute atomic E-state index is 0.150. The second kappa shape index (κ2) is 6.88. The molecule has 2 heterocycles. The van der Waals surface area contributed by atoms with Gasteiger partial charge in [0.25, 0.3) is 0 Å². The lowest BCUT2D eigenvalue weighted by atomic mass is 10.1. The summed E-state index contributed by atoms with van der Waals surface area (Å²) >= 11 is 0. The van der Waals surface area contributed by atoms with Crippen LogP contribution in [0.1, 0.15) is 11.1 Å². The maximum absolute atomic E-state index is 11.3. The van der Waals surface area contributed by atoms with Crippen LogP contribution in [0, 0.1) is 6.92 Å². The van der Waals surface area contributed by atoms with Gasteiger partial charge in [-0.1, -0.05) is 0 Å². The molecule has 0 spiro atoms. The molecule has 0 bridgehead atoms. The molecule has 0 radical (unpaired) electrons. The number of hydrogen-bond acceptors (Lipinski definition) is 5. The van der Waals surface area contributed by atoms with E-state index in [4.69, 9.17) is 5.14 Å². The number of aryl methyl sites for hydroxylation is 1. The molecule has 128 valence electrons. The first-order chi connectivity index (χ1) is 11.4. The number of rotatable bonds is 4. The molecule has 1 aliphatic rings. The molecular formula is C17H22N4O2S. The Hall–Kier alpha value is -1.96. The molecule has 0 amide bonds. The predicted octanol–water partition coefficient (Wildman–Crippen LogP) is 1.36. The van der Waals surface area contributed by atoms with E-state index >= 15 is 0 Å². The number of primary sulfonamides is 1. The summed E-state index contributed by atoms with van der Waals surface area (Å²) in [5.74, 6) is 0. The fourth-order valence-corrected chi connectivity index (χ4v) is 3.43. The van der Waals surface area contributed by atoms with Gasteiger partial charge in [-0.05, 0) is 48.4 Å². The summed E-state index contributed by atoms with van der Waals surface area (Å²) in [6.07, 6.45) is 3.76. The average Bonchev–Trinajstić information content (AvgIpc) is 2.57. The third-order valence-electron chi connectivity index (χ3n) is 4.44. The van der Waals surface area contributed by atoms with Gasteiger partial charge >= 0.3 is 0 Å². The van der Waals surface area contributed by atoms with E-state index in [-0.39, 0.29) is 4.90 Å². The van der Waals surface area contributed by atoms with E-state index in [1.165, 1.54) is 11.1 Å². The highest BCUT2D eigenvalue weighted by Gasteiger charge is 2.18. The van der Waals surface area contributed by atoms with Crippen molar-refractivity contribution < 1.29 is 8.42 Å². The fraction of sp³-hybridized carbons (Fsp3) is 0.353. The van der Waals surface area contributed by atoms with Gasteiger partial charge in [0.2, 0.25) is 10.0 Å². The lowest BCUT2D eigenvalue weighted by molar-refractivity contribution is 0.249. The first-order valence-corrected chi connectivity index (χ1v) is 9.48. The van der Waals surface area contributed by atoms with Gasteiger partial charge in [0, 0.05) is 50.8 Å². The van der Waals surface area contributed by atoms with Crippen molar-refractivity contribution in [2.75, 3.05) is 31.1 Å². The quantitative estimate of drug-likeness (QED) is 0.904. The van der Waals surface area contributed by atoms with Gasteiger partial charge < -0.3 is 4.90 Å². The van der Waals surface area contributed by atoms with E-state index in [0.29, 0.717) is 0 Å². The minimum Gasteiger partial charge on any atom is -0.369 e. The smallest absolute Gasteiger partial charge is 0.238 e. The van der Waals surface area contributed by atoms with Crippen molar-refractivity contribution in [3.8, 4) is 0 Å². The predicted molar refractivity (Wildman–Crippen MR) is 94.3 cm³/mol. The van der Waals surface area contributed by atoms with Crippen molar-refractivity contribution in [2.24, 2.45) is 5.14 Å². The Morgan fingerprint density at radius 3 is 2.33 bits per heavy atom. The summed E-state index contributed by atoms with van der Waals surface area (Å²) in [5.41, 5.74) is 3.56. The Kier molecular flexibility index (Phi) is 4.84. The van der Waals surface area contributed by atoms with Gasteiger partial charge in [-0.2, -0.15) is 0 Å². The standard InChI is InChI=1S/C17H22N4O2S/c1-14-6-7-19-12-15(14)13-20-8-10-21(11-9-20)16-2-4-17(5-3-16)24(18,22)23/h2-7,12H,8-11,13H2,1H3,(H2,18,22,23).